The van der Waals surface area contributed by atoms with Crippen molar-refractivity contribution in [3.8, 4) is 0 Å². The molecule has 0 saturated carbocycles. The average molecular weight is 429 g/mol. The highest BCUT2D eigenvalue weighted by Crippen LogP contribution is 2.25. The molecule has 1 aliphatic carbocycles. The first-order valence-electron chi connectivity index (χ1n) is 9.65. The molecule has 4 rings (SSSR count). The van der Waals surface area contributed by atoms with Crippen LogP contribution in [0.25, 0.3) is 0 Å². The lowest BCUT2D eigenvalue weighted by molar-refractivity contribution is 1.50. The van der Waals surface area contributed by atoms with E-state index < -0.39 is 0 Å². The molecule has 0 spiro atoms. The molecule has 0 radical (unpaired) electrons. The molecule has 32 heavy (non-hydrogen) atoms. The van der Waals surface area contributed by atoms with Gasteiger partial charge in [-0.05, 0) is 85.0 Å². The van der Waals surface area contributed by atoms with E-state index in [0.29, 0.717) is 34.2 Å². The SMILES string of the molecule is N=C1C=CC(=N)C=C1.Nc1ccc(Nc2ccc(N)cc2N)cc1.Nc1cccc(N)c1. The van der Waals surface area contributed by atoms with Crippen LogP contribution in [0.15, 0.2) is 91.0 Å². The fraction of sp³-hybridized carbons (Fsp3) is 0. The Hall–Kier alpha value is -4.72. The van der Waals surface area contributed by atoms with Crippen LogP contribution in [-0.4, -0.2) is 11.4 Å². The van der Waals surface area contributed by atoms with Crippen molar-refractivity contribution in [3.05, 3.63) is 91.0 Å². The summed E-state index contributed by atoms with van der Waals surface area (Å²) in [5.41, 5.74) is 33.9. The van der Waals surface area contributed by atoms with E-state index >= 15 is 0 Å². The first-order valence-corrected chi connectivity index (χ1v) is 9.65. The first kappa shape index (κ1) is 23.6. The van der Waals surface area contributed by atoms with E-state index in [2.05, 4.69) is 5.32 Å². The van der Waals surface area contributed by atoms with E-state index in [1.165, 1.54) is 0 Å². The molecular formula is C24H28N8. The Morgan fingerprint density at radius 3 is 1.44 bits per heavy atom. The Balaban J connectivity index is 0.000000190. The van der Waals surface area contributed by atoms with Gasteiger partial charge in [-0.3, -0.25) is 0 Å². The summed E-state index contributed by atoms with van der Waals surface area (Å²) in [5.74, 6) is 0. The maximum atomic E-state index is 7.01. The lowest BCUT2D eigenvalue weighted by atomic mass is 10.2. The normalized spacial score (nSPS) is 11.6. The smallest absolute Gasteiger partial charge is 0.0619 e. The predicted molar refractivity (Wildman–Crippen MR) is 138 cm³/mol. The van der Waals surface area contributed by atoms with Crippen molar-refractivity contribution in [3.63, 3.8) is 0 Å². The van der Waals surface area contributed by atoms with E-state index in [-0.39, 0.29) is 0 Å². The van der Waals surface area contributed by atoms with Gasteiger partial charge in [0.2, 0.25) is 0 Å². The number of hydrogen-bond donors (Lipinski definition) is 8. The summed E-state index contributed by atoms with van der Waals surface area (Å²) < 4.78 is 0. The summed E-state index contributed by atoms with van der Waals surface area (Å²) in [7, 11) is 0. The molecule has 8 nitrogen and oxygen atoms in total. The van der Waals surface area contributed by atoms with Gasteiger partial charge in [0.1, 0.15) is 0 Å². The largest absolute Gasteiger partial charge is 0.399 e. The minimum absolute atomic E-state index is 0.459. The zero-order chi connectivity index (χ0) is 23.5. The molecule has 0 aromatic heterocycles. The van der Waals surface area contributed by atoms with Gasteiger partial charge < -0.3 is 44.8 Å². The standard InChI is InChI=1S/C12H14N4.C6H6N2.C6H8N2/c13-8-1-4-10(5-2-8)16-12-6-3-9(14)7-11(12)15;7-5-1-2-6(8)4-3-5;7-5-2-1-3-6(8)4-5/h1-7,16H,13-15H2;1-4,7-8H;1-4H,7-8H2. The first-order chi connectivity index (χ1) is 15.2. The highest BCUT2D eigenvalue weighted by molar-refractivity contribution is 6.16. The number of nitrogen functional groups attached to an aromatic ring is 5. The molecule has 13 N–H and O–H groups in total. The van der Waals surface area contributed by atoms with Crippen LogP contribution in [0.2, 0.25) is 0 Å². The van der Waals surface area contributed by atoms with Crippen molar-refractivity contribution in [2.24, 2.45) is 0 Å². The fourth-order valence-electron chi connectivity index (χ4n) is 2.45. The topological polar surface area (TPSA) is 190 Å². The molecule has 0 bridgehead atoms. The Morgan fingerprint density at radius 2 is 1.00 bits per heavy atom. The molecule has 0 aliphatic heterocycles. The number of hydrogen-bond acceptors (Lipinski definition) is 8. The summed E-state index contributed by atoms with van der Waals surface area (Å²) in [6.45, 7) is 0. The number of rotatable bonds is 2. The molecule has 3 aromatic carbocycles. The molecule has 0 fully saturated rings. The summed E-state index contributed by atoms with van der Waals surface area (Å²) in [4.78, 5) is 0. The summed E-state index contributed by atoms with van der Waals surface area (Å²) >= 11 is 0. The van der Waals surface area contributed by atoms with Crippen LogP contribution in [0, 0.1) is 10.8 Å². The van der Waals surface area contributed by atoms with Crippen LogP contribution in [0.5, 0.6) is 0 Å². The highest BCUT2D eigenvalue weighted by atomic mass is 14.9. The number of nitrogens with one attached hydrogen (secondary N) is 3. The molecule has 1 aliphatic rings. The highest BCUT2D eigenvalue weighted by Gasteiger charge is 1.99. The van der Waals surface area contributed by atoms with Gasteiger partial charge in [0, 0.05) is 28.4 Å². The van der Waals surface area contributed by atoms with Crippen molar-refractivity contribution < 1.29 is 0 Å². The van der Waals surface area contributed by atoms with Crippen LogP contribution in [0.4, 0.5) is 39.8 Å². The molecule has 8 heteroatoms. The number of benzene rings is 3. The molecule has 0 atom stereocenters. The van der Waals surface area contributed by atoms with Crippen LogP contribution < -0.4 is 34.0 Å². The van der Waals surface area contributed by atoms with Gasteiger partial charge in [0.05, 0.1) is 22.8 Å². The second-order valence-electron chi connectivity index (χ2n) is 6.84. The zero-order valence-electron chi connectivity index (χ0n) is 17.5. The molecule has 0 unspecified atom stereocenters. The maximum absolute atomic E-state index is 7.01. The predicted octanol–water partition coefficient (Wildman–Crippen LogP) is 4.18. The van der Waals surface area contributed by atoms with Gasteiger partial charge >= 0.3 is 0 Å². The second kappa shape index (κ2) is 11.5. The van der Waals surface area contributed by atoms with Crippen molar-refractivity contribution in [2.45, 2.75) is 0 Å². The monoisotopic (exact) mass is 428 g/mol. The molecule has 0 saturated heterocycles. The average Bonchev–Trinajstić information content (AvgIpc) is 2.75. The number of allylic oxidation sites excluding steroid dienone is 4. The lowest BCUT2D eigenvalue weighted by Crippen LogP contribution is -1.97. The molecular weight excluding hydrogens is 400 g/mol. The van der Waals surface area contributed by atoms with Gasteiger partial charge in [0.25, 0.3) is 0 Å². The van der Waals surface area contributed by atoms with Crippen LogP contribution in [0.1, 0.15) is 0 Å². The minimum Gasteiger partial charge on any atom is -0.399 e. The Labute approximate surface area is 187 Å². The third kappa shape index (κ3) is 8.34. The molecule has 3 aromatic rings. The lowest BCUT2D eigenvalue weighted by Gasteiger charge is -2.09. The van der Waals surface area contributed by atoms with E-state index in [1.54, 1.807) is 54.6 Å². The van der Waals surface area contributed by atoms with Gasteiger partial charge in [-0.25, -0.2) is 0 Å². The van der Waals surface area contributed by atoms with Gasteiger partial charge in [-0.2, -0.15) is 0 Å². The van der Waals surface area contributed by atoms with E-state index in [0.717, 1.165) is 17.1 Å². The number of anilines is 7. The number of nitrogens with two attached hydrogens (primary N) is 5. The fourth-order valence-corrected chi connectivity index (χ4v) is 2.45. The van der Waals surface area contributed by atoms with Crippen molar-refractivity contribution in [1.82, 2.24) is 0 Å². The quantitative estimate of drug-likeness (QED) is 0.223. The van der Waals surface area contributed by atoms with Crippen molar-refractivity contribution in [1.29, 1.82) is 10.8 Å². The maximum Gasteiger partial charge on any atom is 0.0619 e. The van der Waals surface area contributed by atoms with Crippen LogP contribution in [0.3, 0.4) is 0 Å². The van der Waals surface area contributed by atoms with Crippen LogP contribution in [-0.2, 0) is 0 Å². The Morgan fingerprint density at radius 1 is 0.531 bits per heavy atom. The zero-order valence-corrected chi connectivity index (χ0v) is 17.5. The van der Waals surface area contributed by atoms with E-state index in [9.17, 15) is 0 Å². The Bertz CT molecular complexity index is 1080. The third-order valence-electron chi connectivity index (χ3n) is 4.06. The minimum atomic E-state index is 0.459. The third-order valence-corrected chi connectivity index (χ3v) is 4.06. The van der Waals surface area contributed by atoms with Gasteiger partial charge in [-0.15, -0.1) is 0 Å². The van der Waals surface area contributed by atoms with Gasteiger partial charge in [-0.1, -0.05) is 6.07 Å². The van der Waals surface area contributed by atoms with Crippen molar-refractivity contribution >= 4 is 51.2 Å². The molecule has 0 amide bonds. The van der Waals surface area contributed by atoms with Crippen LogP contribution >= 0.6 is 0 Å². The van der Waals surface area contributed by atoms with Crippen molar-refractivity contribution in [2.75, 3.05) is 34.0 Å². The van der Waals surface area contributed by atoms with Gasteiger partial charge in [0.15, 0.2) is 0 Å². The van der Waals surface area contributed by atoms with E-state index in [4.69, 9.17) is 39.5 Å². The Kier molecular flexibility index (Phi) is 8.44. The summed E-state index contributed by atoms with van der Waals surface area (Å²) in [6.07, 6.45) is 6.40. The summed E-state index contributed by atoms with van der Waals surface area (Å²) in [5, 5.41) is 17.2. The second-order valence-corrected chi connectivity index (χ2v) is 6.84. The molecule has 164 valence electrons. The van der Waals surface area contributed by atoms with E-state index in [1.807, 2.05) is 36.4 Å². The molecule has 0 heterocycles. The summed E-state index contributed by atoms with van der Waals surface area (Å²) in [6, 6.07) is 20.0.